The van der Waals surface area contributed by atoms with Crippen molar-refractivity contribution in [1.29, 1.82) is 0 Å². The van der Waals surface area contributed by atoms with Crippen LogP contribution < -0.4 is 15.8 Å². The zero-order valence-electron chi connectivity index (χ0n) is 12.0. The standard InChI is InChI=1S/C14H11Cl2F3N2O3/c1-24-10-5(12(18)19)4-6(17)8(9(10)15)14(13(22)23)11(16)7(20)2-3-21-14/h2-4,12,21H,20H2,1H3,(H,22,23). The number of carboxylic acids is 1. The Kier molecular flexibility index (Phi) is 4.91. The number of halogens is 5. The Bertz CT molecular complexity index is 768. The van der Waals surface area contributed by atoms with Gasteiger partial charge >= 0.3 is 5.97 Å². The van der Waals surface area contributed by atoms with E-state index in [1.807, 2.05) is 0 Å². The largest absolute Gasteiger partial charge is 0.495 e. The normalized spacial score (nSPS) is 20.3. The summed E-state index contributed by atoms with van der Waals surface area (Å²) >= 11 is 12.0. The summed E-state index contributed by atoms with van der Waals surface area (Å²) in [7, 11) is 1.04. The maximum Gasteiger partial charge on any atom is 0.340 e. The van der Waals surface area contributed by atoms with Crippen LogP contribution in [0.3, 0.4) is 0 Å². The molecule has 0 aliphatic carbocycles. The Morgan fingerprint density at radius 1 is 1.46 bits per heavy atom. The van der Waals surface area contributed by atoms with Crippen molar-refractivity contribution in [2.24, 2.45) is 5.73 Å². The molecule has 2 rings (SSSR count). The van der Waals surface area contributed by atoms with Gasteiger partial charge in [-0.15, -0.1) is 0 Å². The number of carboxylic acid groups (broad SMARTS) is 1. The molecule has 0 spiro atoms. The van der Waals surface area contributed by atoms with Crippen LogP contribution in [0.5, 0.6) is 5.75 Å². The maximum atomic E-state index is 14.6. The fourth-order valence-corrected chi connectivity index (χ4v) is 3.10. The van der Waals surface area contributed by atoms with Gasteiger partial charge in [-0.05, 0) is 18.3 Å². The second-order valence-electron chi connectivity index (χ2n) is 4.77. The number of nitrogens with two attached hydrogens (primary N) is 1. The molecular weight excluding hydrogens is 372 g/mol. The molecule has 0 fully saturated rings. The third-order valence-electron chi connectivity index (χ3n) is 3.48. The van der Waals surface area contributed by atoms with E-state index in [1.54, 1.807) is 0 Å². The average Bonchev–Trinajstić information content (AvgIpc) is 2.50. The predicted octanol–water partition coefficient (Wildman–Crippen LogP) is 3.23. The number of dihydropyridines is 1. The zero-order chi connectivity index (χ0) is 18.2. The van der Waals surface area contributed by atoms with Crippen LogP contribution >= 0.6 is 23.2 Å². The number of nitrogens with one attached hydrogen (secondary N) is 1. The van der Waals surface area contributed by atoms with E-state index in [0.717, 1.165) is 13.3 Å². The molecule has 130 valence electrons. The highest BCUT2D eigenvalue weighted by molar-refractivity contribution is 6.36. The lowest BCUT2D eigenvalue weighted by molar-refractivity contribution is -0.143. The zero-order valence-corrected chi connectivity index (χ0v) is 13.6. The molecule has 0 amide bonds. The minimum atomic E-state index is -3.09. The van der Waals surface area contributed by atoms with Crippen molar-refractivity contribution < 1.29 is 27.8 Å². The van der Waals surface area contributed by atoms with Gasteiger partial charge in [-0.2, -0.15) is 0 Å². The molecule has 1 unspecified atom stereocenters. The van der Waals surface area contributed by atoms with Gasteiger partial charge in [-0.1, -0.05) is 23.2 Å². The number of hydrogen-bond acceptors (Lipinski definition) is 4. The fourth-order valence-electron chi connectivity index (χ4n) is 2.39. The summed E-state index contributed by atoms with van der Waals surface area (Å²) in [6, 6.07) is 0.454. The van der Waals surface area contributed by atoms with Crippen LogP contribution in [0.2, 0.25) is 5.02 Å². The van der Waals surface area contributed by atoms with Gasteiger partial charge in [0.25, 0.3) is 6.43 Å². The molecule has 5 nitrogen and oxygen atoms in total. The van der Waals surface area contributed by atoms with E-state index in [4.69, 9.17) is 33.7 Å². The number of allylic oxidation sites excluding steroid dienone is 1. The number of alkyl halides is 2. The Morgan fingerprint density at radius 3 is 2.58 bits per heavy atom. The van der Waals surface area contributed by atoms with E-state index in [-0.39, 0.29) is 5.70 Å². The highest BCUT2D eigenvalue weighted by atomic mass is 35.5. The van der Waals surface area contributed by atoms with Gasteiger partial charge < -0.3 is 20.9 Å². The maximum absolute atomic E-state index is 14.6. The number of carbonyl (C=O) groups is 1. The number of methoxy groups -OCH3 is 1. The summed E-state index contributed by atoms with van der Waals surface area (Å²) in [6.07, 6.45) is -0.685. The summed E-state index contributed by atoms with van der Waals surface area (Å²) in [4.78, 5) is 11.9. The third-order valence-corrected chi connectivity index (χ3v) is 4.34. The van der Waals surface area contributed by atoms with E-state index in [9.17, 15) is 23.1 Å². The number of aliphatic carboxylic acids is 1. The molecule has 1 heterocycles. The second-order valence-corrected chi connectivity index (χ2v) is 5.53. The molecule has 1 aliphatic heterocycles. The van der Waals surface area contributed by atoms with Crippen molar-refractivity contribution in [2.45, 2.75) is 12.0 Å². The van der Waals surface area contributed by atoms with Crippen LogP contribution in [0, 0.1) is 5.82 Å². The number of ether oxygens (including phenoxy) is 1. The average molecular weight is 383 g/mol. The highest BCUT2D eigenvalue weighted by Gasteiger charge is 2.50. The minimum Gasteiger partial charge on any atom is -0.495 e. The molecule has 0 radical (unpaired) electrons. The van der Waals surface area contributed by atoms with E-state index < -0.39 is 50.7 Å². The van der Waals surface area contributed by atoms with Crippen LogP contribution in [0.1, 0.15) is 17.6 Å². The van der Waals surface area contributed by atoms with Crippen molar-refractivity contribution in [1.82, 2.24) is 5.32 Å². The molecule has 0 saturated heterocycles. The Morgan fingerprint density at radius 2 is 2.08 bits per heavy atom. The van der Waals surface area contributed by atoms with Crippen molar-refractivity contribution >= 4 is 29.2 Å². The van der Waals surface area contributed by atoms with Crippen molar-refractivity contribution in [2.75, 3.05) is 7.11 Å². The van der Waals surface area contributed by atoms with E-state index in [2.05, 4.69) is 5.32 Å². The SMILES string of the molecule is COc1c(C(F)F)cc(F)c(C2(C(=O)O)NC=CC(N)=C2Cl)c1Cl. The van der Waals surface area contributed by atoms with Crippen LogP contribution in [0.15, 0.2) is 29.1 Å². The first-order chi connectivity index (χ1) is 11.2. The molecule has 0 aromatic heterocycles. The predicted molar refractivity (Wildman–Crippen MR) is 81.6 cm³/mol. The summed E-state index contributed by atoms with van der Waals surface area (Å²) in [6.45, 7) is 0. The lowest BCUT2D eigenvalue weighted by atomic mass is 9.85. The molecule has 0 bridgehead atoms. The molecule has 10 heteroatoms. The molecule has 4 N–H and O–H groups in total. The van der Waals surface area contributed by atoms with E-state index in [0.29, 0.717) is 6.07 Å². The first-order valence-corrected chi connectivity index (χ1v) is 7.11. The molecule has 0 saturated carbocycles. The Balaban J connectivity index is 2.89. The first kappa shape index (κ1) is 18.3. The third kappa shape index (κ3) is 2.55. The summed E-state index contributed by atoms with van der Waals surface area (Å²) in [5.74, 6) is -3.48. The molecular formula is C14H11Cl2F3N2O3. The van der Waals surface area contributed by atoms with Gasteiger partial charge in [0, 0.05) is 0 Å². The molecule has 24 heavy (non-hydrogen) atoms. The number of rotatable bonds is 4. The van der Waals surface area contributed by atoms with E-state index in [1.165, 1.54) is 6.08 Å². The quantitative estimate of drug-likeness (QED) is 0.744. The van der Waals surface area contributed by atoms with Crippen molar-refractivity contribution in [3.8, 4) is 5.75 Å². The molecule has 1 aromatic carbocycles. The lowest BCUT2D eigenvalue weighted by Gasteiger charge is -2.34. The molecule has 1 atom stereocenters. The number of benzene rings is 1. The van der Waals surface area contributed by atoms with Gasteiger partial charge in [-0.3, -0.25) is 0 Å². The molecule has 1 aromatic rings. The Hall–Kier alpha value is -2.06. The lowest BCUT2D eigenvalue weighted by Crippen LogP contribution is -2.50. The van der Waals surface area contributed by atoms with Gasteiger partial charge in [0.05, 0.1) is 34.0 Å². The van der Waals surface area contributed by atoms with E-state index >= 15 is 0 Å². The van der Waals surface area contributed by atoms with Gasteiger partial charge in [0.2, 0.25) is 5.54 Å². The van der Waals surface area contributed by atoms with Crippen molar-refractivity contribution in [3.63, 3.8) is 0 Å². The molecule has 1 aliphatic rings. The first-order valence-electron chi connectivity index (χ1n) is 6.36. The summed E-state index contributed by atoms with van der Waals surface area (Å²) in [5.41, 5.74) is 1.59. The fraction of sp³-hybridized carbons (Fsp3) is 0.214. The highest BCUT2D eigenvalue weighted by Crippen LogP contribution is 2.47. The van der Waals surface area contributed by atoms with Gasteiger partial charge in [0.15, 0.2) is 0 Å². The van der Waals surface area contributed by atoms with Crippen LogP contribution in [-0.2, 0) is 10.3 Å². The van der Waals surface area contributed by atoms with Gasteiger partial charge in [-0.25, -0.2) is 18.0 Å². The van der Waals surface area contributed by atoms with Crippen LogP contribution in [0.4, 0.5) is 13.2 Å². The van der Waals surface area contributed by atoms with Gasteiger partial charge in [0.1, 0.15) is 11.6 Å². The summed E-state index contributed by atoms with van der Waals surface area (Å²) in [5, 5.41) is 10.9. The topological polar surface area (TPSA) is 84.6 Å². The Labute approximate surface area is 144 Å². The van der Waals surface area contributed by atoms with Crippen molar-refractivity contribution in [3.05, 3.63) is 51.0 Å². The monoisotopic (exact) mass is 382 g/mol. The summed E-state index contributed by atoms with van der Waals surface area (Å²) < 4.78 is 45.4. The second kappa shape index (κ2) is 6.45. The number of hydrogen-bond donors (Lipinski definition) is 3. The van der Waals surface area contributed by atoms with Crippen LogP contribution in [-0.4, -0.2) is 18.2 Å². The van der Waals surface area contributed by atoms with Crippen LogP contribution in [0.25, 0.3) is 0 Å². The minimum absolute atomic E-state index is 0.148. The smallest absolute Gasteiger partial charge is 0.340 e.